The highest BCUT2D eigenvalue weighted by Crippen LogP contribution is 2.31. The normalized spacial score (nSPS) is 22.4. The van der Waals surface area contributed by atoms with Gasteiger partial charge in [-0.25, -0.2) is 0 Å². The van der Waals surface area contributed by atoms with Crippen molar-refractivity contribution in [2.75, 3.05) is 13.7 Å². The summed E-state index contributed by atoms with van der Waals surface area (Å²) in [6, 6.07) is 40.4. The minimum atomic E-state index is -0.665. The first-order valence-electron chi connectivity index (χ1n) is 14.1. The number of ether oxygens (including phenoxy) is 6. The average Bonchev–Trinajstić information content (AvgIpc) is 3.04. The van der Waals surface area contributed by atoms with Gasteiger partial charge >= 0.3 is 0 Å². The lowest BCUT2D eigenvalue weighted by Crippen LogP contribution is -2.61. The Labute approximate surface area is 242 Å². The van der Waals surface area contributed by atoms with Crippen LogP contribution in [0, 0.1) is 0 Å². The van der Waals surface area contributed by atoms with Crippen LogP contribution in [0.5, 0.6) is 0 Å². The van der Waals surface area contributed by atoms with Crippen molar-refractivity contribution < 1.29 is 28.4 Å². The van der Waals surface area contributed by atoms with Gasteiger partial charge in [0.25, 0.3) is 0 Å². The zero-order valence-electron chi connectivity index (χ0n) is 23.4. The van der Waals surface area contributed by atoms with Crippen LogP contribution in [0.25, 0.3) is 0 Å². The van der Waals surface area contributed by atoms with Crippen LogP contribution < -0.4 is 0 Å². The molecule has 0 aromatic heterocycles. The molecule has 1 heterocycles. The monoisotopic (exact) mass is 554 g/mol. The first-order valence-corrected chi connectivity index (χ1v) is 14.1. The van der Waals surface area contributed by atoms with E-state index in [4.69, 9.17) is 28.4 Å². The van der Waals surface area contributed by atoms with Gasteiger partial charge in [0.1, 0.15) is 24.4 Å². The minimum Gasteiger partial charge on any atom is -0.374 e. The lowest BCUT2D eigenvalue weighted by molar-refractivity contribution is -0.323. The third kappa shape index (κ3) is 8.57. The number of rotatable bonds is 14. The van der Waals surface area contributed by atoms with Crippen LogP contribution in [0.1, 0.15) is 22.3 Å². The fraction of sp³-hybridized carbons (Fsp3) is 0.314. The van der Waals surface area contributed by atoms with E-state index in [0.717, 1.165) is 22.3 Å². The Morgan fingerprint density at radius 2 is 0.878 bits per heavy atom. The molecule has 0 N–H and O–H groups in total. The second-order valence-corrected chi connectivity index (χ2v) is 10.1. The first kappa shape index (κ1) is 29.1. The van der Waals surface area contributed by atoms with Crippen molar-refractivity contribution in [1.29, 1.82) is 0 Å². The largest absolute Gasteiger partial charge is 0.374 e. The molecule has 1 aliphatic heterocycles. The average molecular weight is 555 g/mol. The number of methoxy groups -OCH3 is 1. The molecule has 4 aromatic carbocycles. The van der Waals surface area contributed by atoms with E-state index in [1.165, 1.54) is 0 Å². The molecule has 0 saturated carbocycles. The molecule has 2 unspecified atom stereocenters. The Kier molecular flexibility index (Phi) is 11.1. The van der Waals surface area contributed by atoms with Crippen LogP contribution in [0.2, 0.25) is 0 Å². The van der Waals surface area contributed by atoms with Gasteiger partial charge in [-0.05, 0) is 22.3 Å². The summed E-state index contributed by atoms with van der Waals surface area (Å²) in [5.41, 5.74) is 4.27. The molecule has 1 saturated heterocycles. The molecule has 6 heteroatoms. The number of hydrogen-bond acceptors (Lipinski definition) is 6. The van der Waals surface area contributed by atoms with Gasteiger partial charge in [0.2, 0.25) is 0 Å². The van der Waals surface area contributed by atoms with E-state index in [2.05, 4.69) is 0 Å². The predicted octanol–water partition coefficient (Wildman–Crippen LogP) is 6.33. The van der Waals surface area contributed by atoms with Gasteiger partial charge in [-0.2, -0.15) is 0 Å². The Morgan fingerprint density at radius 1 is 0.488 bits per heavy atom. The van der Waals surface area contributed by atoms with Crippen molar-refractivity contribution >= 4 is 0 Å². The molecular formula is C35H38O6. The number of hydrogen-bond donors (Lipinski definition) is 0. The molecule has 5 rings (SSSR count). The highest BCUT2D eigenvalue weighted by Gasteiger charge is 2.48. The van der Waals surface area contributed by atoms with Gasteiger partial charge in [-0.15, -0.1) is 0 Å². The van der Waals surface area contributed by atoms with Crippen molar-refractivity contribution in [3.8, 4) is 0 Å². The Bertz CT molecular complexity index is 1260. The van der Waals surface area contributed by atoms with Crippen LogP contribution in [0.3, 0.4) is 0 Å². The van der Waals surface area contributed by atoms with E-state index in [-0.39, 0.29) is 0 Å². The van der Waals surface area contributed by atoms with Crippen molar-refractivity contribution in [1.82, 2.24) is 0 Å². The van der Waals surface area contributed by atoms with E-state index in [0.29, 0.717) is 33.0 Å². The van der Waals surface area contributed by atoms with Gasteiger partial charge < -0.3 is 28.4 Å². The molecule has 0 radical (unpaired) electrons. The highest BCUT2D eigenvalue weighted by molar-refractivity contribution is 5.16. The zero-order chi connectivity index (χ0) is 28.1. The summed E-state index contributed by atoms with van der Waals surface area (Å²) in [6.45, 7) is 1.97. The molecule has 1 fully saturated rings. The van der Waals surface area contributed by atoms with Crippen LogP contribution >= 0.6 is 0 Å². The fourth-order valence-electron chi connectivity index (χ4n) is 4.94. The lowest BCUT2D eigenvalue weighted by Gasteiger charge is -2.45. The van der Waals surface area contributed by atoms with Crippen LogP contribution in [-0.4, -0.2) is 44.4 Å². The van der Waals surface area contributed by atoms with E-state index in [9.17, 15) is 0 Å². The quantitative estimate of drug-likeness (QED) is 0.182. The van der Waals surface area contributed by atoms with Gasteiger partial charge in [0.15, 0.2) is 6.29 Å². The molecule has 0 bridgehead atoms. The molecular weight excluding hydrogens is 516 g/mol. The van der Waals surface area contributed by atoms with Gasteiger partial charge in [-0.3, -0.25) is 0 Å². The zero-order valence-corrected chi connectivity index (χ0v) is 23.4. The third-order valence-corrected chi connectivity index (χ3v) is 7.07. The van der Waals surface area contributed by atoms with Crippen molar-refractivity contribution in [2.24, 2.45) is 0 Å². The summed E-state index contributed by atoms with van der Waals surface area (Å²) in [5.74, 6) is 0. The summed E-state index contributed by atoms with van der Waals surface area (Å²) in [7, 11) is 1.63. The Hall–Kier alpha value is -3.36. The SMILES string of the molecule is CO[C@H]1OC(COCc2ccccc2)[C@@H](OCc2ccccc2)[C@H](OCc2ccccc2)C1OCc1ccccc1. The first-order chi connectivity index (χ1) is 20.3. The summed E-state index contributed by atoms with van der Waals surface area (Å²) in [5, 5.41) is 0. The maximum Gasteiger partial charge on any atom is 0.186 e. The maximum absolute atomic E-state index is 6.63. The van der Waals surface area contributed by atoms with Crippen molar-refractivity contribution in [3.63, 3.8) is 0 Å². The predicted molar refractivity (Wildman–Crippen MR) is 157 cm³/mol. The smallest absolute Gasteiger partial charge is 0.186 e. The van der Waals surface area contributed by atoms with Crippen molar-refractivity contribution in [2.45, 2.75) is 57.1 Å². The van der Waals surface area contributed by atoms with Crippen LogP contribution in [0.15, 0.2) is 121 Å². The van der Waals surface area contributed by atoms with E-state index in [1.807, 2.05) is 121 Å². The van der Waals surface area contributed by atoms with Gasteiger partial charge in [-0.1, -0.05) is 121 Å². The van der Waals surface area contributed by atoms with Crippen molar-refractivity contribution in [3.05, 3.63) is 144 Å². The van der Waals surface area contributed by atoms with Gasteiger partial charge in [0.05, 0.1) is 33.0 Å². The standard InChI is InChI=1S/C35H38O6/c1-36-35-34(40-25-30-20-12-5-13-21-30)33(39-24-29-18-10-4-11-19-29)32(38-23-28-16-8-3-9-17-28)31(41-35)26-37-22-27-14-6-2-7-15-27/h2-21,31-35H,22-26H2,1H3/t31?,32-,33+,34?,35+/m1/s1. The molecule has 6 nitrogen and oxygen atoms in total. The second-order valence-electron chi connectivity index (χ2n) is 10.1. The maximum atomic E-state index is 6.63. The Balaban J connectivity index is 1.38. The molecule has 0 spiro atoms. The number of benzene rings is 4. The van der Waals surface area contributed by atoms with Gasteiger partial charge in [0, 0.05) is 7.11 Å². The summed E-state index contributed by atoms with van der Waals surface area (Å²) >= 11 is 0. The summed E-state index contributed by atoms with van der Waals surface area (Å²) in [6.07, 6.45) is -2.59. The molecule has 1 aliphatic rings. The molecule has 214 valence electrons. The van der Waals surface area contributed by atoms with E-state index < -0.39 is 30.7 Å². The fourth-order valence-corrected chi connectivity index (χ4v) is 4.94. The Morgan fingerprint density at radius 3 is 1.32 bits per heavy atom. The lowest BCUT2D eigenvalue weighted by atomic mass is 9.97. The molecule has 0 aliphatic carbocycles. The highest BCUT2D eigenvalue weighted by atomic mass is 16.7. The van der Waals surface area contributed by atoms with E-state index >= 15 is 0 Å². The summed E-state index contributed by atoms with van der Waals surface area (Å²) < 4.78 is 38.2. The third-order valence-electron chi connectivity index (χ3n) is 7.07. The summed E-state index contributed by atoms with van der Waals surface area (Å²) in [4.78, 5) is 0. The molecule has 5 atom stereocenters. The van der Waals surface area contributed by atoms with E-state index in [1.54, 1.807) is 7.11 Å². The van der Waals surface area contributed by atoms with Crippen LogP contribution in [0.4, 0.5) is 0 Å². The molecule has 41 heavy (non-hydrogen) atoms. The molecule has 4 aromatic rings. The topological polar surface area (TPSA) is 55.4 Å². The van der Waals surface area contributed by atoms with Crippen LogP contribution in [-0.2, 0) is 54.8 Å². The molecule has 0 amide bonds. The second kappa shape index (κ2) is 15.6. The minimum absolute atomic E-state index is 0.310.